The summed E-state index contributed by atoms with van der Waals surface area (Å²) in [7, 11) is 0. The fourth-order valence-electron chi connectivity index (χ4n) is 2.78. The number of alkyl halides is 1. The van der Waals surface area contributed by atoms with Gasteiger partial charge in [-0.15, -0.1) is 0 Å². The molecule has 1 aromatic heterocycles. The number of halogens is 1. The standard InChI is InChI=1S/C15H16FN3O2/c1-15(16)7-6-11(8-15)10-2-4-12(5-3-10)21-14-13(9-20)17-19-18-14/h2-5,9,11H,6-8H2,1H3,(H,17,18,19). The van der Waals surface area contributed by atoms with Gasteiger partial charge in [-0.25, -0.2) is 4.39 Å². The first-order valence-electron chi connectivity index (χ1n) is 6.90. The molecule has 5 nitrogen and oxygen atoms in total. The van der Waals surface area contributed by atoms with Crippen LogP contribution in [0.15, 0.2) is 24.3 Å². The lowest BCUT2D eigenvalue weighted by Gasteiger charge is -2.14. The number of hydrogen-bond donors (Lipinski definition) is 1. The maximum atomic E-state index is 13.9. The van der Waals surface area contributed by atoms with Gasteiger partial charge in [-0.3, -0.25) is 9.89 Å². The van der Waals surface area contributed by atoms with Crippen LogP contribution in [-0.4, -0.2) is 27.4 Å². The van der Waals surface area contributed by atoms with Gasteiger partial charge in [0.1, 0.15) is 11.4 Å². The van der Waals surface area contributed by atoms with Crippen molar-refractivity contribution in [1.82, 2.24) is 15.4 Å². The number of ether oxygens (including phenoxy) is 1. The Kier molecular flexibility index (Phi) is 3.45. The van der Waals surface area contributed by atoms with Crippen molar-refractivity contribution in [2.24, 2.45) is 0 Å². The predicted molar refractivity (Wildman–Crippen MR) is 74.4 cm³/mol. The molecule has 0 saturated heterocycles. The van der Waals surface area contributed by atoms with Crippen LogP contribution in [-0.2, 0) is 0 Å². The minimum atomic E-state index is -1.06. The van der Waals surface area contributed by atoms with E-state index in [1.165, 1.54) is 0 Å². The van der Waals surface area contributed by atoms with Gasteiger partial charge in [0.05, 0.1) is 0 Å². The van der Waals surface area contributed by atoms with Crippen molar-refractivity contribution in [3.63, 3.8) is 0 Å². The molecule has 6 heteroatoms. The molecular weight excluding hydrogens is 273 g/mol. The second-order valence-electron chi connectivity index (χ2n) is 5.67. The zero-order chi connectivity index (χ0) is 14.9. The number of aromatic amines is 1. The number of carbonyl (C=O) groups excluding carboxylic acids is 1. The van der Waals surface area contributed by atoms with E-state index in [-0.39, 0.29) is 17.5 Å². The van der Waals surface area contributed by atoms with E-state index in [0.29, 0.717) is 24.9 Å². The second-order valence-corrected chi connectivity index (χ2v) is 5.67. The highest BCUT2D eigenvalue weighted by Gasteiger charge is 2.35. The summed E-state index contributed by atoms with van der Waals surface area (Å²) in [6.07, 6.45) is 2.64. The third-order valence-corrected chi connectivity index (χ3v) is 3.91. The largest absolute Gasteiger partial charge is 0.436 e. The minimum Gasteiger partial charge on any atom is -0.436 e. The van der Waals surface area contributed by atoms with Gasteiger partial charge in [0.2, 0.25) is 0 Å². The van der Waals surface area contributed by atoms with E-state index in [2.05, 4.69) is 15.4 Å². The number of aromatic nitrogens is 3. The van der Waals surface area contributed by atoms with Gasteiger partial charge in [-0.2, -0.15) is 0 Å². The van der Waals surface area contributed by atoms with Crippen LogP contribution >= 0.6 is 0 Å². The highest BCUT2D eigenvalue weighted by Crippen LogP contribution is 2.43. The number of hydrogen-bond acceptors (Lipinski definition) is 4. The Hall–Kier alpha value is -2.24. The SMILES string of the molecule is CC1(F)CCC(c2ccc(Oc3nn[nH]c3C=O)cc2)C1. The first-order valence-corrected chi connectivity index (χ1v) is 6.90. The molecule has 3 rings (SSSR count). The van der Waals surface area contributed by atoms with Crippen molar-refractivity contribution in [2.75, 3.05) is 0 Å². The van der Waals surface area contributed by atoms with Crippen molar-refractivity contribution >= 4 is 6.29 Å². The number of rotatable bonds is 4. The molecule has 1 aliphatic carbocycles. The van der Waals surface area contributed by atoms with Gasteiger partial charge in [0, 0.05) is 0 Å². The van der Waals surface area contributed by atoms with Gasteiger partial charge in [-0.05, 0) is 49.8 Å². The molecule has 1 aliphatic rings. The molecule has 1 heterocycles. The van der Waals surface area contributed by atoms with Crippen LogP contribution in [0, 0.1) is 0 Å². The molecule has 0 bridgehead atoms. The van der Waals surface area contributed by atoms with Gasteiger partial charge in [0.25, 0.3) is 5.88 Å². The molecule has 1 aromatic carbocycles. The Morgan fingerprint density at radius 2 is 2.19 bits per heavy atom. The van der Waals surface area contributed by atoms with Crippen molar-refractivity contribution in [3.05, 3.63) is 35.5 Å². The zero-order valence-electron chi connectivity index (χ0n) is 11.7. The first-order chi connectivity index (χ1) is 10.1. The molecule has 0 amide bonds. The topological polar surface area (TPSA) is 67.9 Å². The highest BCUT2D eigenvalue weighted by molar-refractivity contribution is 5.74. The fourth-order valence-corrected chi connectivity index (χ4v) is 2.78. The number of benzene rings is 1. The molecule has 2 aromatic rings. The molecule has 0 aliphatic heterocycles. The number of nitrogens with one attached hydrogen (secondary N) is 1. The van der Waals surface area contributed by atoms with E-state index in [1.807, 2.05) is 12.1 Å². The first kappa shape index (κ1) is 13.7. The van der Waals surface area contributed by atoms with Crippen LogP contribution in [0.4, 0.5) is 4.39 Å². The maximum Gasteiger partial charge on any atom is 0.269 e. The van der Waals surface area contributed by atoms with Crippen LogP contribution in [0.3, 0.4) is 0 Å². The van der Waals surface area contributed by atoms with Crippen molar-refractivity contribution in [3.8, 4) is 11.6 Å². The summed E-state index contributed by atoms with van der Waals surface area (Å²) in [5.41, 5.74) is 0.252. The lowest BCUT2D eigenvalue weighted by atomic mass is 9.96. The van der Waals surface area contributed by atoms with Crippen molar-refractivity contribution in [2.45, 2.75) is 37.8 Å². The molecule has 1 saturated carbocycles. The van der Waals surface area contributed by atoms with E-state index < -0.39 is 5.67 Å². The summed E-state index contributed by atoms with van der Waals surface area (Å²) in [5, 5.41) is 9.65. The quantitative estimate of drug-likeness (QED) is 0.876. The van der Waals surface area contributed by atoms with Crippen LogP contribution < -0.4 is 4.74 Å². The number of nitrogens with zero attached hydrogens (tertiary/aromatic N) is 2. The molecular formula is C15H16FN3O2. The Morgan fingerprint density at radius 3 is 2.81 bits per heavy atom. The maximum absolute atomic E-state index is 13.9. The third kappa shape index (κ3) is 2.94. The molecule has 1 N–H and O–H groups in total. The monoisotopic (exact) mass is 289 g/mol. The Bertz CT molecular complexity index is 637. The summed E-state index contributed by atoms with van der Waals surface area (Å²) in [6.45, 7) is 1.66. The number of H-pyrrole nitrogens is 1. The second kappa shape index (κ2) is 5.27. The molecule has 0 spiro atoms. The van der Waals surface area contributed by atoms with Crippen molar-refractivity contribution in [1.29, 1.82) is 0 Å². The van der Waals surface area contributed by atoms with Crippen LogP contribution in [0.25, 0.3) is 0 Å². The summed E-state index contributed by atoms with van der Waals surface area (Å²) >= 11 is 0. The molecule has 2 atom stereocenters. The normalized spacial score (nSPS) is 25.0. The zero-order valence-corrected chi connectivity index (χ0v) is 11.7. The molecule has 21 heavy (non-hydrogen) atoms. The highest BCUT2D eigenvalue weighted by atomic mass is 19.1. The third-order valence-electron chi connectivity index (χ3n) is 3.91. The lowest BCUT2D eigenvalue weighted by molar-refractivity contribution is 0.111. The average Bonchev–Trinajstić information content (AvgIpc) is 3.06. The van der Waals surface area contributed by atoms with E-state index in [0.717, 1.165) is 12.0 Å². The molecule has 1 fully saturated rings. The van der Waals surface area contributed by atoms with E-state index in [1.54, 1.807) is 19.1 Å². The van der Waals surface area contributed by atoms with E-state index in [9.17, 15) is 9.18 Å². The molecule has 110 valence electrons. The van der Waals surface area contributed by atoms with Gasteiger partial charge < -0.3 is 4.74 Å². The van der Waals surface area contributed by atoms with Crippen LogP contribution in [0.2, 0.25) is 0 Å². The Morgan fingerprint density at radius 1 is 1.43 bits per heavy atom. The van der Waals surface area contributed by atoms with E-state index >= 15 is 0 Å². The minimum absolute atomic E-state index is 0.148. The smallest absolute Gasteiger partial charge is 0.269 e. The fraction of sp³-hybridized carbons (Fsp3) is 0.400. The van der Waals surface area contributed by atoms with Crippen molar-refractivity contribution < 1.29 is 13.9 Å². The summed E-state index contributed by atoms with van der Waals surface area (Å²) in [5.74, 6) is 0.971. The Balaban J connectivity index is 1.71. The summed E-state index contributed by atoms with van der Waals surface area (Å²) in [4.78, 5) is 10.7. The summed E-state index contributed by atoms with van der Waals surface area (Å²) in [6, 6.07) is 7.46. The van der Waals surface area contributed by atoms with Gasteiger partial charge >= 0.3 is 0 Å². The van der Waals surface area contributed by atoms with Crippen LogP contribution in [0.1, 0.15) is 48.2 Å². The van der Waals surface area contributed by atoms with Gasteiger partial charge in [-0.1, -0.05) is 22.4 Å². The van der Waals surface area contributed by atoms with Gasteiger partial charge in [0.15, 0.2) is 12.0 Å². The molecule has 2 unspecified atom stereocenters. The average molecular weight is 289 g/mol. The molecule has 0 radical (unpaired) electrons. The predicted octanol–water partition coefficient (Wildman–Crippen LogP) is 3.41. The van der Waals surface area contributed by atoms with E-state index in [4.69, 9.17) is 4.74 Å². The lowest BCUT2D eigenvalue weighted by Crippen LogP contribution is -2.11. The Labute approximate surface area is 121 Å². The summed E-state index contributed by atoms with van der Waals surface area (Å²) < 4.78 is 19.4. The number of carbonyl (C=O) groups is 1. The number of aldehydes is 1. The van der Waals surface area contributed by atoms with Crippen LogP contribution in [0.5, 0.6) is 11.6 Å².